The van der Waals surface area contributed by atoms with Gasteiger partial charge < -0.3 is 15.3 Å². The highest BCUT2D eigenvalue weighted by molar-refractivity contribution is 6.08. The van der Waals surface area contributed by atoms with Gasteiger partial charge >= 0.3 is 12.1 Å². The lowest BCUT2D eigenvalue weighted by molar-refractivity contribution is -0.147. The van der Waals surface area contributed by atoms with E-state index in [1.165, 1.54) is 36.7 Å². The molecule has 2 rings (SSSR count). The van der Waals surface area contributed by atoms with Crippen LogP contribution in [0, 0.1) is 0 Å². The predicted octanol–water partition coefficient (Wildman–Crippen LogP) is 1.73. The van der Waals surface area contributed by atoms with E-state index in [1.807, 2.05) is 0 Å². The molecule has 2 aromatic carbocycles. The highest BCUT2D eigenvalue weighted by Gasteiger charge is 2.53. The average molecular weight is 425 g/mol. The topological polar surface area (TPSA) is 160 Å². The van der Waals surface area contributed by atoms with Gasteiger partial charge in [0.15, 0.2) is 0 Å². The van der Waals surface area contributed by atoms with E-state index < -0.39 is 23.7 Å². The minimum atomic E-state index is -2.46. The summed E-state index contributed by atoms with van der Waals surface area (Å²) in [5.74, 6) is 11.3. The zero-order chi connectivity index (χ0) is 23.0. The Bertz CT molecular complexity index is 1020. The lowest BCUT2D eigenvalue weighted by atomic mass is 9.79. The van der Waals surface area contributed by atoms with Crippen molar-refractivity contribution >= 4 is 35.6 Å². The van der Waals surface area contributed by atoms with Crippen molar-refractivity contribution in [3.63, 3.8) is 0 Å². The lowest BCUT2D eigenvalue weighted by Gasteiger charge is -2.37. The summed E-state index contributed by atoms with van der Waals surface area (Å²) in [7, 11) is 0. The van der Waals surface area contributed by atoms with Crippen LogP contribution in [0.5, 0.6) is 0 Å². The molecule has 0 bridgehead atoms. The molecule has 10 heteroatoms. The standard InChI is InChI=1S/C21H23N5O5/c1-14(2)31-20(30)26(23)21(19(28)29,18(12-27)15-7-4-3-5-8-15)16-9-6-10-17(11-16)24-13-25-22/h3-11,13-14H,22-23H2,1-2H3,(H,24,25)(H,28,29)/t21-/m0/s1. The molecule has 0 radical (unpaired) electrons. The van der Waals surface area contributed by atoms with Gasteiger partial charge in [0, 0.05) is 0 Å². The first-order valence-corrected chi connectivity index (χ1v) is 9.18. The van der Waals surface area contributed by atoms with Gasteiger partial charge in [-0.05, 0) is 37.1 Å². The summed E-state index contributed by atoms with van der Waals surface area (Å²) in [4.78, 5) is 41.6. The number of hydrogen-bond acceptors (Lipinski definition) is 7. The maximum Gasteiger partial charge on any atom is 0.426 e. The summed E-state index contributed by atoms with van der Waals surface area (Å²) in [6, 6.07) is 13.8. The number of aliphatic carboxylic acids is 1. The molecule has 1 amide bonds. The number of amides is 1. The zero-order valence-electron chi connectivity index (χ0n) is 17.0. The van der Waals surface area contributed by atoms with E-state index >= 15 is 0 Å². The number of nitrogens with zero attached hydrogens (tertiary/aromatic N) is 2. The minimum absolute atomic E-state index is 0.0166. The van der Waals surface area contributed by atoms with Gasteiger partial charge in [0.1, 0.15) is 12.3 Å². The number of hydrogen-bond donors (Lipinski definition) is 4. The molecule has 1 atom stereocenters. The summed E-state index contributed by atoms with van der Waals surface area (Å²) >= 11 is 0. The average Bonchev–Trinajstić information content (AvgIpc) is 2.75. The Balaban J connectivity index is 2.85. The first kappa shape index (κ1) is 23.3. The number of carbonyl (C=O) groups excluding carboxylic acids is 2. The number of benzene rings is 2. The molecular formula is C21H23N5O5. The van der Waals surface area contributed by atoms with E-state index in [1.54, 1.807) is 44.1 Å². The molecule has 6 N–H and O–H groups in total. The molecule has 0 fully saturated rings. The second-order valence-electron chi connectivity index (χ2n) is 6.64. The van der Waals surface area contributed by atoms with Crippen molar-refractivity contribution in [2.45, 2.75) is 25.5 Å². The molecule has 31 heavy (non-hydrogen) atoms. The van der Waals surface area contributed by atoms with E-state index in [-0.39, 0.29) is 16.7 Å². The molecule has 0 aliphatic carbocycles. The second-order valence-corrected chi connectivity index (χ2v) is 6.64. The quantitative estimate of drug-likeness (QED) is 0.124. The monoisotopic (exact) mass is 425 g/mol. The molecule has 0 heterocycles. The van der Waals surface area contributed by atoms with Gasteiger partial charge in [-0.15, -0.1) is 0 Å². The van der Waals surface area contributed by atoms with E-state index in [0.717, 1.165) is 0 Å². The molecule has 10 nitrogen and oxygen atoms in total. The fraction of sp³-hybridized carbons (Fsp3) is 0.190. The molecule has 0 unspecified atom stereocenters. The van der Waals surface area contributed by atoms with Gasteiger partial charge in [0.25, 0.3) is 0 Å². The third kappa shape index (κ3) is 4.78. The molecule has 0 saturated heterocycles. The molecule has 0 saturated carbocycles. The number of carbonyl (C=O) groups is 2. The Morgan fingerprint density at radius 1 is 1.23 bits per heavy atom. The molecule has 2 aromatic rings. The Morgan fingerprint density at radius 3 is 2.45 bits per heavy atom. The maximum absolute atomic E-state index is 12.8. The number of rotatable bonds is 8. The van der Waals surface area contributed by atoms with Gasteiger partial charge in [-0.2, -0.15) is 0 Å². The minimum Gasteiger partial charge on any atom is -0.479 e. The van der Waals surface area contributed by atoms with Crippen LogP contribution in [0.15, 0.2) is 59.6 Å². The first-order valence-electron chi connectivity index (χ1n) is 9.18. The van der Waals surface area contributed by atoms with Crippen molar-refractivity contribution < 1.29 is 24.2 Å². The van der Waals surface area contributed by atoms with Gasteiger partial charge in [-0.1, -0.05) is 42.5 Å². The Hall–Kier alpha value is -3.98. The number of ether oxygens (including phenoxy) is 1. The Morgan fingerprint density at radius 2 is 1.90 bits per heavy atom. The molecule has 0 aliphatic rings. The highest BCUT2D eigenvalue weighted by Crippen LogP contribution is 2.40. The van der Waals surface area contributed by atoms with E-state index in [4.69, 9.17) is 16.4 Å². The van der Waals surface area contributed by atoms with E-state index in [0.29, 0.717) is 10.7 Å². The van der Waals surface area contributed by atoms with Crippen LogP contribution in [0.3, 0.4) is 0 Å². The van der Waals surface area contributed by atoms with Crippen molar-refractivity contribution in [2.24, 2.45) is 16.7 Å². The van der Waals surface area contributed by atoms with Crippen LogP contribution in [0.1, 0.15) is 25.0 Å². The van der Waals surface area contributed by atoms with Crippen LogP contribution in [-0.4, -0.2) is 40.6 Å². The number of hydrazine groups is 2. The normalized spacial score (nSPS) is 12.7. The predicted molar refractivity (Wildman–Crippen MR) is 114 cm³/mol. The lowest BCUT2D eigenvalue weighted by Crippen LogP contribution is -2.59. The van der Waals surface area contributed by atoms with Crippen LogP contribution < -0.4 is 17.1 Å². The van der Waals surface area contributed by atoms with Crippen molar-refractivity contribution in [2.75, 3.05) is 0 Å². The van der Waals surface area contributed by atoms with Crippen molar-refractivity contribution in [1.82, 2.24) is 10.4 Å². The number of carboxylic acids is 1. The van der Waals surface area contributed by atoms with Crippen LogP contribution in [0.4, 0.5) is 10.5 Å². The number of carboxylic acid groups (broad SMARTS) is 1. The van der Waals surface area contributed by atoms with E-state index in [2.05, 4.69) is 10.4 Å². The van der Waals surface area contributed by atoms with Crippen LogP contribution in [-0.2, 0) is 19.9 Å². The van der Waals surface area contributed by atoms with Crippen molar-refractivity contribution in [3.05, 3.63) is 65.7 Å². The summed E-state index contributed by atoms with van der Waals surface area (Å²) in [5, 5.41) is 10.7. The van der Waals surface area contributed by atoms with Crippen molar-refractivity contribution in [1.29, 1.82) is 0 Å². The van der Waals surface area contributed by atoms with Gasteiger partial charge in [0.05, 0.1) is 17.4 Å². The van der Waals surface area contributed by atoms with Crippen molar-refractivity contribution in [3.8, 4) is 0 Å². The van der Waals surface area contributed by atoms with Crippen LogP contribution >= 0.6 is 0 Å². The molecular weight excluding hydrogens is 402 g/mol. The summed E-state index contributed by atoms with van der Waals surface area (Å²) in [6.07, 6.45) is -0.543. The second kappa shape index (κ2) is 10.2. The summed E-state index contributed by atoms with van der Waals surface area (Å²) in [6.45, 7) is 3.16. The molecule has 162 valence electrons. The maximum atomic E-state index is 12.8. The number of aliphatic imine (C=N–C) groups is 1. The van der Waals surface area contributed by atoms with Gasteiger partial charge in [-0.25, -0.2) is 36.1 Å². The summed E-state index contributed by atoms with van der Waals surface area (Å²) < 4.78 is 5.11. The highest BCUT2D eigenvalue weighted by atomic mass is 16.6. The molecule has 0 aromatic heterocycles. The van der Waals surface area contributed by atoms with Crippen LogP contribution in [0.2, 0.25) is 0 Å². The van der Waals surface area contributed by atoms with E-state index in [9.17, 15) is 19.5 Å². The van der Waals surface area contributed by atoms with Crippen LogP contribution in [0.25, 0.3) is 5.57 Å². The Labute approximate surface area is 178 Å². The number of nitrogens with one attached hydrogen (secondary N) is 1. The smallest absolute Gasteiger partial charge is 0.426 e. The molecule has 0 aliphatic heterocycles. The molecule has 0 spiro atoms. The zero-order valence-corrected chi connectivity index (χ0v) is 17.0. The fourth-order valence-electron chi connectivity index (χ4n) is 3.00. The fourth-order valence-corrected chi connectivity index (χ4v) is 3.00. The largest absolute Gasteiger partial charge is 0.479 e. The first-order chi connectivity index (χ1) is 14.8. The van der Waals surface area contributed by atoms with Gasteiger partial charge in [-0.3, -0.25) is 0 Å². The van der Waals surface area contributed by atoms with Gasteiger partial charge in [0.2, 0.25) is 5.54 Å². The SMILES string of the molecule is CC(C)OC(=O)N(N)[C@](C(=O)O)(C(=C=O)c1ccccc1)c1cccc(N=CNN)c1. The third-order valence-electron chi connectivity index (χ3n) is 4.28. The summed E-state index contributed by atoms with van der Waals surface area (Å²) in [5.41, 5.74) is -0.121. The third-order valence-corrected chi connectivity index (χ3v) is 4.28. The number of nitrogens with two attached hydrogens (primary N) is 2. The Kier molecular flexibility index (Phi) is 7.64.